The summed E-state index contributed by atoms with van der Waals surface area (Å²) in [7, 11) is -6.63. The first-order chi connectivity index (χ1) is 25.5. The molecule has 53 heavy (non-hydrogen) atoms. The topological polar surface area (TPSA) is 127 Å². The van der Waals surface area contributed by atoms with Gasteiger partial charge in [-0.05, 0) is 0 Å². The zero-order valence-corrected chi connectivity index (χ0v) is 29.9. The molecule has 4 aromatic carbocycles. The molecular formula is C35H18F5GaN8O3S. The number of nitrogens with zero attached hydrogens (tertiary/aromatic N) is 8. The molecule has 0 aliphatic carbocycles. The maximum absolute atomic E-state index is 15.5. The van der Waals surface area contributed by atoms with Crippen molar-refractivity contribution in [2.45, 2.75) is 11.2 Å². The van der Waals surface area contributed by atoms with Crippen molar-refractivity contribution in [1.82, 2.24) is 6.55 Å². The van der Waals surface area contributed by atoms with Crippen molar-refractivity contribution in [3.05, 3.63) is 130 Å². The Bertz CT molecular complexity index is 2860. The molecule has 0 saturated carbocycles. The van der Waals surface area contributed by atoms with Crippen LogP contribution in [-0.4, -0.2) is 73.2 Å². The second-order valence-corrected chi connectivity index (χ2v) is 18.8. The van der Waals surface area contributed by atoms with Gasteiger partial charge in [0.1, 0.15) is 0 Å². The monoisotopic (exact) mass is 794 g/mol. The van der Waals surface area contributed by atoms with Crippen LogP contribution in [0.15, 0.2) is 127 Å². The van der Waals surface area contributed by atoms with E-state index in [9.17, 15) is 21.6 Å². The van der Waals surface area contributed by atoms with Gasteiger partial charge in [0.2, 0.25) is 0 Å². The molecule has 4 aliphatic heterocycles. The van der Waals surface area contributed by atoms with Crippen molar-refractivity contribution in [1.29, 1.82) is 0 Å². The normalized spacial score (nSPS) is 15.9. The molecule has 18 heteroatoms. The average Bonchev–Trinajstić information content (AvgIpc) is 3.87. The van der Waals surface area contributed by atoms with E-state index in [-0.39, 0.29) is 46.0 Å². The fourth-order valence-electron chi connectivity index (χ4n) is 6.91. The first-order valence-corrected chi connectivity index (χ1v) is 20.5. The zero-order valence-electron chi connectivity index (χ0n) is 26.6. The van der Waals surface area contributed by atoms with Crippen molar-refractivity contribution in [2.24, 2.45) is 30.0 Å². The molecule has 0 saturated heterocycles. The molecule has 6 heterocycles. The van der Waals surface area contributed by atoms with Gasteiger partial charge in [0, 0.05) is 0 Å². The maximum atomic E-state index is 15.5. The summed E-state index contributed by atoms with van der Waals surface area (Å²) in [4.78, 5) is 29.2. The van der Waals surface area contributed by atoms with E-state index in [1.807, 2.05) is 0 Å². The van der Waals surface area contributed by atoms with Crippen molar-refractivity contribution in [3.63, 3.8) is 0 Å². The first kappa shape index (κ1) is 32.1. The molecule has 0 unspecified atom stereocenters. The Kier molecular flexibility index (Phi) is 6.65. The summed E-state index contributed by atoms with van der Waals surface area (Å²) in [5.74, 6) is -4.98. The van der Waals surface area contributed by atoms with Crippen molar-refractivity contribution in [3.8, 4) is 0 Å². The Morgan fingerprint density at radius 3 is 1.34 bits per heavy atom. The van der Waals surface area contributed by atoms with Crippen LogP contribution in [0.1, 0.15) is 22.3 Å². The SMILES string of the molecule is O=S(=O)([O][Ga]1[n]2c3c4ccccc4c2N=C2N=C(N=c4c5ccccc5c([n]41)=NC1=NC(=N3)c3ccccc31)c1ccccc12)C(F)(F)C(F)(F)CF. The molecule has 4 aliphatic rings. The van der Waals surface area contributed by atoms with Crippen molar-refractivity contribution in [2.75, 3.05) is 6.67 Å². The summed E-state index contributed by atoms with van der Waals surface area (Å²) < 4.78 is 109. The summed E-state index contributed by atoms with van der Waals surface area (Å²) in [6.45, 7) is -2.96. The number of hydrogen-bond donors (Lipinski definition) is 0. The van der Waals surface area contributed by atoms with E-state index in [1.54, 1.807) is 97.1 Å². The number of alkyl halides is 5. The van der Waals surface area contributed by atoms with Gasteiger partial charge in [-0.25, -0.2) is 0 Å². The number of aromatic nitrogens is 2. The van der Waals surface area contributed by atoms with Gasteiger partial charge in [-0.3, -0.25) is 0 Å². The molecule has 0 amide bonds. The van der Waals surface area contributed by atoms with E-state index >= 15 is 8.78 Å². The van der Waals surface area contributed by atoms with Gasteiger partial charge in [0.15, 0.2) is 0 Å². The molecule has 0 N–H and O–H groups in total. The van der Waals surface area contributed by atoms with Gasteiger partial charge in [-0.15, -0.1) is 0 Å². The molecule has 6 aromatic rings. The Labute approximate surface area is 300 Å². The van der Waals surface area contributed by atoms with E-state index in [2.05, 4.69) is 0 Å². The average molecular weight is 795 g/mol. The van der Waals surface area contributed by atoms with Gasteiger partial charge < -0.3 is 0 Å². The van der Waals surface area contributed by atoms with Crippen molar-refractivity contribution >= 4 is 83.7 Å². The number of fused-ring (bicyclic) bond motifs is 14. The summed E-state index contributed by atoms with van der Waals surface area (Å²) >= 11 is -5.32. The molecule has 0 atom stereocenters. The van der Waals surface area contributed by atoms with Crippen LogP contribution >= 0.6 is 0 Å². The minimum atomic E-state index is -6.63. The third kappa shape index (κ3) is 4.40. The Hall–Kier alpha value is -5.56. The molecule has 0 fully saturated rings. The predicted octanol–water partition coefficient (Wildman–Crippen LogP) is 5.46. The van der Waals surface area contributed by atoms with E-state index in [1.165, 1.54) is 6.55 Å². The van der Waals surface area contributed by atoms with Crippen LogP contribution in [0.2, 0.25) is 0 Å². The Balaban J connectivity index is 1.46. The number of rotatable bonds is 5. The van der Waals surface area contributed by atoms with Crippen LogP contribution in [0.25, 0.3) is 21.5 Å². The van der Waals surface area contributed by atoms with E-state index in [0.717, 1.165) is 0 Å². The van der Waals surface area contributed by atoms with E-state index < -0.39 is 45.0 Å². The molecule has 0 radical (unpaired) electrons. The fraction of sp³-hybridized carbons (Fsp3) is 0.0857. The van der Waals surface area contributed by atoms with Gasteiger partial charge in [0.05, 0.1) is 0 Å². The number of amidine groups is 4. The number of halogens is 5. The van der Waals surface area contributed by atoms with Gasteiger partial charge >= 0.3 is 302 Å². The van der Waals surface area contributed by atoms with E-state index in [0.29, 0.717) is 43.8 Å². The van der Waals surface area contributed by atoms with Crippen LogP contribution in [0.4, 0.5) is 33.6 Å². The van der Waals surface area contributed by atoms with Gasteiger partial charge in [-0.2, -0.15) is 0 Å². The first-order valence-electron chi connectivity index (χ1n) is 16.0. The molecule has 6 bridgehead atoms. The quantitative estimate of drug-likeness (QED) is 0.170. The van der Waals surface area contributed by atoms with Gasteiger partial charge in [0.25, 0.3) is 0 Å². The zero-order chi connectivity index (χ0) is 36.4. The van der Waals surface area contributed by atoms with Crippen LogP contribution in [0, 0.1) is 0 Å². The number of aliphatic imine (C=N–C) groups is 4. The molecule has 11 nitrogen and oxygen atoms in total. The summed E-state index contributed by atoms with van der Waals surface area (Å²) in [6.07, 6.45) is 0. The molecule has 2 aromatic heterocycles. The number of hydrogen-bond acceptors (Lipinski definition) is 9. The van der Waals surface area contributed by atoms with Crippen LogP contribution in [-0.2, 0) is 13.1 Å². The fourth-order valence-corrected chi connectivity index (χ4v) is 15.0. The molecule has 0 spiro atoms. The van der Waals surface area contributed by atoms with Gasteiger partial charge in [-0.1, -0.05) is 0 Å². The second kappa shape index (κ2) is 11.0. The molecule has 10 rings (SSSR count). The standard InChI is InChI=1S/C32H16N8.C3H3F5O3S.Ga/c1-2-10-18-17(9-1)25-33-26(18)38-28-21-13-5-6-14-22(21)30(35-28)40-32-24-16-8-7-15-23(24)31(36-32)39-29-20-12-4-3-11-19(20)27(34-29)37-25;4-1-2(5,6)3(7,8)12(9,10)11;/h1-16H;1H2,(H,9,10,11);/q-2;;+3/p-1. The van der Waals surface area contributed by atoms with Crippen LogP contribution in [0.3, 0.4) is 0 Å². The third-order valence-electron chi connectivity index (χ3n) is 9.38. The third-order valence-corrected chi connectivity index (χ3v) is 17.3. The van der Waals surface area contributed by atoms with Crippen molar-refractivity contribution < 1.29 is 33.3 Å². The summed E-state index contributed by atoms with van der Waals surface area (Å²) in [6, 6.07) is 27.6. The minimum absolute atomic E-state index is 0.00290. The van der Waals surface area contributed by atoms with E-state index in [4.69, 9.17) is 32.9 Å². The number of benzene rings is 4. The molecule has 260 valence electrons. The van der Waals surface area contributed by atoms with Crippen LogP contribution in [0.5, 0.6) is 0 Å². The van der Waals surface area contributed by atoms with Crippen LogP contribution < -0.4 is 11.0 Å². The summed E-state index contributed by atoms with van der Waals surface area (Å²) in [5, 5.41) is -4.43. The predicted molar refractivity (Wildman–Crippen MR) is 187 cm³/mol. The summed E-state index contributed by atoms with van der Waals surface area (Å²) in [5.41, 5.74) is 2.28. The Morgan fingerprint density at radius 1 is 0.547 bits per heavy atom. The second-order valence-electron chi connectivity index (χ2n) is 12.4. The Morgan fingerprint density at radius 2 is 0.925 bits per heavy atom. The molecular weight excluding hydrogens is 777 g/mol.